The van der Waals surface area contributed by atoms with Gasteiger partial charge in [0.15, 0.2) is 0 Å². The maximum Gasteiger partial charge on any atom is 0.242 e. The highest BCUT2D eigenvalue weighted by Crippen LogP contribution is 2.17. The summed E-state index contributed by atoms with van der Waals surface area (Å²) in [5, 5.41) is 3.23. The SMILES string of the molecule is CCN(C(=O)[C@H](C)[S@@](=O)Cc1cc(C)on1)c1ccccc1. The molecule has 6 heteroatoms. The summed E-state index contributed by atoms with van der Waals surface area (Å²) in [6, 6.07) is 11.1. The van der Waals surface area contributed by atoms with Crippen LogP contribution in [0.25, 0.3) is 0 Å². The van der Waals surface area contributed by atoms with Gasteiger partial charge in [0.05, 0.1) is 11.4 Å². The van der Waals surface area contributed by atoms with Crippen LogP contribution in [-0.2, 0) is 21.3 Å². The normalized spacial score (nSPS) is 13.6. The molecule has 22 heavy (non-hydrogen) atoms. The van der Waals surface area contributed by atoms with E-state index < -0.39 is 16.0 Å². The standard InChI is InChI=1S/C16H20N2O3S/c1-4-18(15-8-6-5-7-9-15)16(19)13(3)22(20)11-14-10-12(2)21-17-14/h5-10,13H,4,11H2,1-3H3/t13-,22-/m0/s1. The topological polar surface area (TPSA) is 63.4 Å². The van der Waals surface area contributed by atoms with Crippen LogP contribution in [-0.4, -0.2) is 27.1 Å². The summed E-state index contributed by atoms with van der Waals surface area (Å²) in [5.41, 5.74) is 1.43. The number of rotatable bonds is 6. The second kappa shape index (κ2) is 7.35. The van der Waals surface area contributed by atoms with Gasteiger partial charge in [-0.05, 0) is 32.9 Å². The molecule has 0 fully saturated rings. The molecule has 0 bridgehead atoms. The van der Waals surface area contributed by atoms with Gasteiger partial charge in [-0.2, -0.15) is 0 Å². The molecule has 1 aromatic heterocycles. The Balaban J connectivity index is 2.08. The minimum absolute atomic E-state index is 0.146. The highest BCUT2D eigenvalue weighted by molar-refractivity contribution is 7.85. The average molecular weight is 320 g/mol. The zero-order valence-corrected chi connectivity index (χ0v) is 13.8. The number of nitrogens with zero attached hydrogens (tertiary/aromatic N) is 2. The molecule has 5 nitrogen and oxygen atoms in total. The first-order valence-electron chi connectivity index (χ1n) is 7.18. The number of aromatic nitrogens is 1. The summed E-state index contributed by atoms with van der Waals surface area (Å²) in [5.74, 6) is 0.744. The van der Waals surface area contributed by atoms with E-state index in [0.29, 0.717) is 18.0 Å². The van der Waals surface area contributed by atoms with Crippen molar-refractivity contribution >= 4 is 22.4 Å². The molecular weight excluding hydrogens is 300 g/mol. The summed E-state index contributed by atoms with van der Waals surface area (Å²) in [4.78, 5) is 14.3. The van der Waals surface area contributed by atoms with Gasteiger partial charge in [0.1, 0.15) is 11.0 Å². The molecular formula is C16H20N2O3S. The molecule has 1 aromatic carbocycles. The molecule has 2 aromatic rings. The number of hydrogen-bond donors (Lipinski definition) is 0. The lowest BCUT2D eigenvalue weighted by Gasteiger charge is -2.24. The highest BCUT2D eigenvalue weighted by atomic mass is 32.2. The zero-order chi connectivity index (χ0) is 16.1. The van der Waals surface area contributed by atoms with E-state index in [0.717, 1.165) is 5.69 Å². The van der Waals surface area contributed by atoms with Crippen molar-refractivity contribution in [2.45, 2.75) is 31.8 Å². The van der Waals surface area contributed by atoms with Gasteiger partial charge in [-0.1, -0.05) is 23.4 Å². The number of anilines is 1. The molecule has 2 rings (SSSR count). The molecule has 0 aliphatic rings. The van der Waals surface area contributed by atoms with Crippen LogP contribution in [0, 0.1) is 6.92 Å². The molecule has 0 unspecified atom stereocenters. The first-order valence-corrected chi connectivity index (χ1v) is 8.57. The Morgan fingerprint density at radius 1 is 1.36 bits per heavy atom. The number of hydrogen-bond acceptors (Lipinski definition) is 4. The molecule has 2 atom stereocenters. The predicted octanol–water partition coefficient (Wildman–Crippen LogP) is 2.67. The smallest absolute Gasteiger partial charge is 0.242 e. The Morgan fingerprint density at radius 3 is 2.59 bits per heavy atom. The summed E-state index contributed by atoms with van der Waals surface area (Å²) >= 11 is 0. The molecule has 1 amide bonds. The lowest BCUT2D eigenvalue weighted by Crippen LogP contribution is -2.40. The number of carbonyl (C=O) groups excluding carboxylic acids is 1. The van der Waals surface area contributed by atoms with Crippen LogP contribution in [0.15, 0.2) is 40.9 Å². The fourth-order valence-electron chi connectivity index (χ4n) is 2.16. The fraction of sp³-hybridized carbons (Fsp3) is 0.375. The highest BCUT2D eigenvalue weighted by Gasteiger charge is 2.26. The number of aryl methyl sites for hydroxylation is 1. The average Bonchev–Trinajstić information content (AvgIpc) is 2.93. The van der Waals surface area contributed by atoms with Crippen LogP contribution >= 0.6 is 0 Å². The van der Waals surface area contributed by atoms with Crippen LogP contribution in [0.4, 0.5) is 5.69 Å². The predicted molar refractivity (Wildman–Crippen MR) is 87.0 cm³/mol. The Labute approximate surface area is 132 Å². The molecule has 0 saturated heterocycles. The van der Waals surface area contributed by atoms with E-state index in [1.807, 2.05) is 37.3 Å². The zero-order valence-electron chi connectivity index (χ0n) is 13.0. The number of benzene rings is 1. The fourth-order valence-corrected chi connectivity index (χ4v) is 3.19. The quantitative estimate of drug-likeness (QED) is 0.821. The number of carbonyl (C=O) groups is 1. The molecule has 0 aliphatic carbocycles. The van der Waals surface area contributed by atoms with Crippen molar-refractivity contribution in [2.24, 2.45) is 0 Å². The lowest BCUT2D eigenvalue weighted by molar-refractivity contribution is -0.117. The van der Waals surface area contributed by atoms with Gasteiger partial charge in [-0.15, -0.1) is 0 Å². The van der Waals surface area contributed by atoms with E-state index in [2.05, 4.69) is 5.16 Å². The van der Waals surface area contributed by atoms with Crippen LogP contribution in [0.2, 0.25) is 0 Å². The van der Waals surface area contributed by atoms with E-state index in [9.17, 15) is 9.00 Å². The van der Waals surface area contributed by atoms with E-state index in [-0.39, 0.29) is 11.7 Å². The van der Waals surface area contributed by atoms with Crippen molar-refractivity contribution in [3.8, 4) is 0 Å². The Bertz CT molecular complexity index is 654. The Hall–Kier alpha value is -1.95. The van der Waals surface area contributed by atoms with Crippen molar-refractivity contribution in [1.29, 1.82) is 0 Å². The molecule has 0 radical (unpaired) electrons. The van der Waals surface area contributed by atoms with Gasteiger partial charge < -0.3 is 9.42 Å². The summed E-state index contributed by atoms with van der Waals surface area (Å²) in [7, 11) is -1.34. The van der Waals surface area contributed by atoms with E-state index in [1.165, 1.54) is 0 Å². The minimum Gasteiger partial charge on any atom is -0.361 e. The van der Waals surface area contributed by atoms with Gasteiger partial charge in [0.2, 0.25) is 5.91 Å². The second-order valence-electron chi connectivity index (χ2n) is 5.01. The van der Waals surface area contributed by atoms with Crippen LogP contribution in [0.1, 0.15) is 25.3 Å². The molecule has 0 saturated carbocycles. The van der Waals surface area contributed by atoms with Crippen LogP contribution in [0.5, 0.6) is 0 Å². The molecule has 118 valence electrons. The Kier molecular flexibility index (Phi) is 5.49. The monoisotopic (exact) mass is 320 g/mol. The molecule has 0 aliphatic heterocycles. The Morgan fingerprint density at radius 2 is 2.05 bits per heavy atom. The molecule has 1 heterocycles. The van der Waals surface area contributed by atoms with Crippen molar-refractivity contribution in [2.75, 3.05) is 11.4 Å². The van der Waals surface area contributed by atoms with Crippen molar-refractivity contribution in [3.63, 3.8) is 0 Å². The third kappa shape index (κ3) is 3.82. The molecule has 0 spiro atoms. The lowest BCUT2D eigenvalue weighted by atomic mass is 10.2. The third-order valence-electron chi connectivity index (χ3n) is 3.36. The van der Waals surface area contributed by atoms with Crippen molar-refractivity contribution in [1.82, 2.24) is 5.16 Å². The third-order valence-corrected chi connectivity index (χ3v) is 4.93. The van der Waals surface area contributed by atoms with Gasteiger partial charge in [-0.25, -0.2) is 0 Å². The van der Waals surface area contributed by atoms with Crippen molar-refractivity contribution < 1.29 is 13.5 Å². The first kappa shape index (κ1) is 16.4. The van der Waals surface area contributed by atoms with E-state index >= 15 is 0 Å². The summed E-state index contributed by atoms with van der Waals surface area (Å²) < 4.78 is 17.4. The summed E-state index contributed by atoms with van der Waals surface area (Å²) in [6.45, 7) is 5.91. The van der Waals surface area contributed by atoms with Crippen LogP contribution < -0.4 is 4.90 Å². The number of amides is 1. The van der Waals surface area contributed by atoms with Gasteiger partial charge >= 0.3 is 0 Å². The van der Waals surface area contributed by atoms with Gasteiger partial charge in [0.25, 0.3) is 0 Å². The first-order chi connectivity index (χ1) is 10.5. The van der Waals surface area contributed by atoms with Crippen molar-refractivity contribution in [3.05, 3.63) is 47.9 Å². The van der Waals surface area contributed by atoms with E-state index in [1.54, 1.807) is 24.8 Å². The summed E-state index contributed by atoms with van der Waals surface area (Å²) in [6.07, 6.45) is 0. The largest absolute Gasteiger partial charge is 0.361 e. The van der Waals surface area contributed by atoms with Gasteiger partial charge in [0, 0.05) is 29.1 Å². The second-order valence-corrected chi connectivity index (χ2v) is 6.77. The van der Waals surface area contributed by atoms with Crippen LogP contribution in [0.3, 0.4) is 0 Å². The maximum atomic E-state index is 12.6. The molecule has 0 N–H and O–H groups in total. The minimum atomic E-state index is -1.34. The maximum absolute atomic E-state index is 12.6. The van der Waals surface area contributed by atoms with E-state index in [4.69, 9.17) is 4.52 Å². The number of para-hydroxylation sites is 1. The van der Waals surface area contributed by atoms with Gasteiger partial charge in [-0.3, -0.25) is 9.00 Å².